The first-order chi connectivity index (χ1) is 6.29. The number of rotatable bonds is 1. The van der Waals surface area contributed by atoms with Crippen molar-refractivity contribution in [3.05, 3.63) is 29.1 Å². The Bertz CT molecular complexity index is 333. The van der Waals surface area contributed by atoms with Crippen molar-refractivity contribution in [1.82, 2.24) is 5.01 Å². The van der Waals surface area contributed by atoms with E-state index in [9.17, 15) is 4.79 Å². The zero-order valence-electron chi connectivity index (χ0n) is 6.88. The molecule has 5 heteroatoms. The molecule has 2 N–H and O–H groups in total. The lowest BCUT2D eigenvalue weighted by molar-refractivity contribution is 0.224. The van der Waals surface area contributed by atoms with Crippen molar-refractivity contribution in [1.29, 1.82) is 0 Å². The molecule has 1 aliphatic rings. The average molecular weight is 195 g/mol. The van der Waals surface area contributed by atoms with Gasteiger partial charge < -0.3 is 5.73 Å². The minimum Gasteiger partial charge on any atom is -0.350 e. The first kappa shape index (κ1) is 8.12. The van der Waals surface area contributed by atoms with Crippen LogP contribution in [0.4, 0.5) is 10.5 Å². The Morgan fingerprint density at radius 1 is 1.62 bits per heavy atom. The quantitative estimate of drug-likeness (QED) is 0.736. The highest BCUT2D eigenvalue weighted by Gasteiger charge is 2.20. The van der Waals surface area contributed by atoms with Crippen molar-refractivity contribution < 1.29 is 4.79 Å². The van der Waals surface area contributed by atoms with Crippen LogP contribution in [0.5, 0.6) is 0 Å². The molecule has 68 valence electrons. The Kier molecular flexibility index (Phi) is 1.94. The van der Waals surface area contributed by atoms with Crippen LogP contribution in [0.2, 0.25) is 0 Å². The summed E-state index contributed by atoms with van der Waals surface area (Å²) in [5.74, 6) is 0. The van der Waals surface area contributed by atoms with Crippen LogP contribution in [0.1, 0.15) is 0 Å². The number of nitrogens with two attached hydrogens (primary N) is 1. The van der Waals surface area contributed by atoms with Crippen molar-refractivity contribution in [3.8, 4) is 0 Å². The number of amides is 2. The molecule has 0 bridgehead atoms. The number of hydrazine groups is 1. The van der Waals surface area contributed by atoms with Gasteiger partial charge in [-0.25, -0.2) is 9.80 Å². The van der Waals surface area contributed by atoms with Crippen LogP contribution in [-0.2, 0) is 0 Å². The Labute approximate surface area is 79.8 Å². The fourth-order valence-electron chi connectivity index (χ4n) is 1.24. The second-order valence-electron chi connectivity index (χ2n) is 2.63. The Morgan fingerprint density at radius 2 is 2.46 bits per heavy atom. The van der Waals surface area contributed by atoms with Crippen LogP contribution >= 0.6 is 11.3 Å². The van der Waals surface area contributed by atoms with Gasteiger partial charge in [0.2, 0.25) is 0 Å². The summed E-state index contributed by atoms with van der Waals surface area (Å²) in [5, 5.41) is 7.16. The molecule has 1 aromatic heterocycles. The zero-order valence-corrected chi connectivity index (χ0v) is 7.70. The summed E-state index contributed by atoms with van der Waals surface area (Å²) in [6, 6.07) is 1.49. The van der Waals surface area contributed by atoms with Gasteiger partial charge >= 0.3 is 6.03 Å². The zero-order chi connectivity index (χ0) is 9.26. The van der Waals surface area contributed by atoms with Gasteiger partial charge in [0.25, 0.3) is 0 Å². The fourth-order valence-corrected chi connectivity index (χ4v) is 1.88. The molecule has 13 heavy (non-hydrogen) atoms. The minimum absolute atomic E-state index is 0.458. The van der Waals surface area contributed by atoms with E-state index in [1.165, 1.54) is 5.01 Å². The first-order valence-corrected chi connectivity index (χ1v) is 4.78. The molecule has 0 fully saturated rings. The summed E-state index contributed by atoms with van der Waals surface area (Å²) >= 11 is 1.59. The molecule has 1 aromatic rings. The highest BCUT2D eigenvalue weighted by atomic mass is 32.1. The predicted molar refractivity (Wildman–Crippen MR) is 52.2 cm³/mol. The van der Waals surface area contributed by atoms with Crippen molar-refractivity contribution in [3.63, 3.8) is 0 Å². The summed E-state index contributed by atoms with van der Waals surface area (Å²) in [4.78, 5) is 11.0. The normalized spacial score (nSPS) is 15.4. The standard InChI is InChI=1S/C8H9N3OS/c9-8(12)11-4-1-3-10(11)7-2-5-13-6-7/h1-2,4-6H,3H2,(H2,9,12). The van der Waals surface area contributed by atoms with E-state index in [1.807, 2.05) is 27.9 Å². The number of carbonyl (C=O) groups excluding carboxylic acids is 1. The first-order valence-electron chi connectivity index (χ1n) is 3.84. The molecular weight excluding hydrogens is 186 g/mol. The molecule has 0 saturated heterocycles. The summed E-state index contributed by atoms with van der Waals surface area (Å²) in [6.07, 6.45) is 3.57. The fraction of sp³-hybridized carbons (Fsp3) is 0.125. The third-order valence-corrected chi connectivity index (χ3v) is 2.49. The maximum atomic E-state index is 11.0. The average Bonchev–Trinajstić information content (AvgIpc) is 2.74. The van der Waals surface area contributed by atoms with E-state index in [0.29, 0.717) is 6.54 Å². The number of hydrogen-bond acceptors (Lipinski definition) is 3. The lowest BCUT2D eigenvalue weighted by atomic mass is 10.5. The van der Waals surface area contributed by atoms with Gasteiger partial charge in [0.1, 0.15) is 0 Å². The molecule has 0 radical (unpaired) electrons. The van der Waals surface area contributed by atoms with Gasteiger partial charge in [-0.05, 0) is 17.5 Å². The van der Waals surface area contributed by atoms with E-state index >= 15 is 0 Å². The van der Waals surface area contributed by atoms with Gasteiger partial charge in [0.15, 0.2) is 0 Å². The SMILES string of the molecule is NC(=O)N1C=CCN1c1ccsc1. The van der Waals surface area contributed by atoms with E-state index < -0.39 is 6.03 Å². The Morgan fingerprint density at radius 3 is 3.08 bits per heavy atom. The summed E-state index contributed by atoms with van der Waals surface area (Å²) in [7, 11) is 0. The van der Waals surface area contributed by atoms with E-state index in [4.69, 9.17) is 5.73 Å². The maximum Gasteiger partial charge on any atom is 0.337 e. The van der Waals surface area contributed by atoms with Crippen LogP contribution in [0, 0.1) is 0 Å². The molecule has 1 aliphatic heterocycles. The van der Waals surface area contributed by atoms with Gasteiger partial charge in [0, 0.05) is 11.6 Å². The highest BCUT2D eigenvalue weighted by Crippen LogP contribution is 2.22. The predicted octanol–water partition coefficient (Wildman–Crippen LogP) is 1.38. The molecular formula is C8H9N3OS. The smallest absolute Gasteiger partial charge is 0.337 e. The summed E-state index contributed by atoms with van der Waals surface area (Å²) in [5.41, 5.74) is 6.19. The van der Waals surface area contributed by atoms with E-state index in [-0.39, 0.29) is 0 Å². The lowest BCUT2D eigenvalue weighted by Gasteiger charge is -2.26. The second-order valence-corrected chi connectivity index (χ2v) is 3.41. The van der Waals surface area contributed by atoms with E-state index in [2.05, 4.69) is 0 Å². The number of nitrogens with zero attached hydrogens (tertiary/aromatic N) is 2. The van der Waals surface area contributed by atoms with E-state index in [1.54, 1.807) is 17.5 Å². The molecule has 2 heterocycles. The lowest BCUT2D eigenvalue weighted by Crippen LogP contribution is -2.42. The molecule has 0 aromatic carbocycles. The van der Waals surface area contributed by atoms with E-state index in [0.717, 1.165) is 5.69 Å². The van der Waals surface area contributed by atoms with Crippen molar-refractivity contribution in [2.75, 3.05) is 11.6 Å². The Hall–Kier alpha value is -1.49. The van der Waals surface area contributed by atoms with Crippen LogP contribution in [0.25, 0.3) is 0 Å². The van der Waals surface area contributed by atoms with Gasteiger partial charge in [-0.2, -0.15) is 11.3 Å². The van der Waals surface area contributed by atoms with Crippen molar-refractivity contribution >= 4 is 23.1 Å². The van der Waals surface area contributed by atoms with Crippen LogP contribution in [0.15, 0.2) is 29.1 Å². The van der Waals surface area contributed by atoms with Crippen molar-refractivity contribution in [2.45, 2.75) is 0 Å². The Balaban J connectivity index is 2.22. The van der Waals surface area contributed by atoms with Crippen LogP contribution in [-0.4, -0.2) is 17.6 Å². The number of primary amides is 1. The van der Waals surface area contributed by atoms with Crippen molar-refractivity contribution in [2.24, 2.45) is 5.73 Å². The number of urea groups is 1. The second kappa shape index (κ2) is 3.10. The molecule has 0 atom stereocenters. The monoisotopic (exact) mass is 195 g/mol. The molecule has 2 rings (SSSR count). The maximum absolute atomic E-state index is 11.0. The van der Waals surface area contributed by atoms with Crippen LogP contribution in [0.3, 0.4) is 0 Å². The van der Waals surface area contributed by atoms with Gasteiger partial charge in [-0.15, -0.1) is 0 Å². The highest BCUT2D eigenvalue weighted by molar-refractivity contribution is 7.08. The summed E-state index contributed by atoms with van der Waals surface area (Å²) in [6.45, 7) is 0.694. The molecule has 0 saturated carbocycles. The van der Waals surface area contributed by atoms with Gasteiger partial charge in [0.05, 0.1) is 12.2 Å². The van der Waals surface area contributed by atoms with Gasteiger partial charge in [-0.1, -0.05) is 0 Å². The molecule has 0 spiro atoms. The number of hydrogen-bond donors (Lipinski definition) is 1. The molecule has 0 aliphatic carbocycles. The van der Waals surface area contributed by atoms with Crippen LogP contribution < -0.4 is 10.7 Å². The number of thiophene rings is 1. The number of carbonyl (C=O) groups is 1. The summed E-state index contributed by atoms with van der Waals surface area (Å²) < 4.78 is 0. The topological polar surface area (TPSA) is 49.6 Å². The third-order valence-electron chi connectivity index (χ3n) is 1.82. The van der Waals surface area contributed by atoms with Gasteiger partial charge in [-0.3, -0.25) is 5.01 Å². The molecule has 4 nitrogen and oxygen atoms in total. The molecule has 2 amide bonds. The number of anilines is 1. The minimum atomic E-state index is -0.458. The third kappa shape index (κ3) is 1.38. The molecule has 0 unspecified atom stereocenters. The largest absolute Gasteiger partial charge is 0.350 e.